The number of aromatic hydroxyl groups is 1. The number of phenols is 1. The van der Waals surface area contributed by atoms with Gasteiger partial charge in [-0.05, 0) is 51.2 Å². The second kappa shape index (κ2) is 6.29. The van der Waals surface area contributed by atoms with Crippen molar-refractivity contribution in [1.29, 1.82) is 0 Å². The first-order valence-electron chi connectivity index (χ1n) is 8.48. The van der Waals surface area contributed by atoms with Crippen LogP contribution in [-0.2, 0) is 0 Å². The molecule has 1 saturated heterocycles. The lowest BCUT2D eigenvalue weighted by atomic mass is 10.0. The van der Waals surface area contributed by atoms with Gasteiger partial charge in [-0.2, -0.15) is 5.10 Å². The Labute approximate surface area is 145 Å². The van der Waals surface area contributed by atoms with Crippen LogP contribution >= 0.6 is 0 Å². The van der Waals surface area contributed by atoms with Gasteiger partial charge in [-0.3, -0.25) is 4.79 Å². The Bertz CT molecular complexity index is 926. The fourth-order valence-corrected chi connectivity index (χ4v) is 3.39. The number of likely N-dealkylation sites (tertiary alicyclic amines) is 1. The number of ketones is 1. The lowest BCUT2D eigenvalue weighted by Crippen LogP contribution is -2.31. The molecule has 3 aromatic rings. The number of hydrogen-bond donors (Lipinski definition) is 1. The van der Waals surface area contributed by atoms with Crippen LogP contribution < -0.4 is 0 Å². The summed E-state index contributed by atoms with van der Waals surface area (Å²) in [5.74, 6) is -0.255. The smallest absolute Gasteiger partial charge is 0.198 e. The number of carbonyl (C=O) groups excluding carboxylic acids is 1. The minimum absolute atomic E-state index is 0.0189. The van der Waals surface area contributed by atoms with Gasteiger partial charge in [-0.25, -0.2) is 9.67 Å². The SMILES string of the molecule is CN1CCC(n2ncc3cc(C(=O)c4ccccc4O)cnc32)CC1. The van der Waals surface area contributed by atoms with Crippen LogP contribution in [0.5, 0.6) is 5.75 Å². The Balaban J connectivity index is 1.66. The maximum absolute atomic E-state index is 12.6. The van der Waals surface area contributed by atoms with Crippen molar-refractivity contribution in [1.82, 2.24) is 19.7 Å². The Morgan fingerprint density at radius 2 is 1.96 bits per heavy atom. The van der Waals surface area contributed by atoms with Crippen LogP contribution in [0.25, 0.3) is 11.0 Å². The largest absolute Gasteiger partial charge is 0.507 e. The molecule has 4 rings (SSSR count). The number of piperidine rings is 1. The minimum atomic E-state index is -0.237. The number of nitrogens with zero attached hydrogens (tertiary/aromatic N) is 4. The van der Waals surface area contributed by atoms with E-state index in [9.17, 15) is 9.90 Å². The molecule has 128 valence electrons. The second-order valence-electron chi connectivity index (χ2n) is 6.61. The summed E-state index contributed by atoms with van der Waals surface area (Å²) in [6.07, 6.45) is 5.44. The molecule has 1 aliphatic rings. The van der Waals surface area contributed by atoms with Gasteiger partial charge in [0.25, 0.3) is 0 Å². The highest BCUT2D eigenvalue weighted by Gasteiger charge is 2.22. The lowest BCUT2D eigenvalue weighted by molar-refractivity contribution is 0.103. The van der Waals surface area contributed by atoms with E-state index in [1.54, 1.807) is 36.7 Å². The van der Waals surface area contributed by atoms with Gasteiger partial charge in [-0.15, -0.1) is 0 Å². The zero-order valence-corrected chi connectivity index (χ0v) is 14.1. The normalized spacial score (nSPS) is 16.4. The van der Waals surface area contributed by atoms with Crippen molar-refractivity contribution in [2.24, 2.45) is 0 Å². The van der Waals surface area contributed by atoms with Crippen molar-refractivity contribution in [3.63, 3.8) is 0 Å². The van der Waals surface area contributed by atoms with Crippen LogP contribution in [-0.4, -0.2) is 50.7 Å². The molecule has 2 aromatic heterocycles. The van der Waals surface area contributed by atoms with E-state index in [0.29, 0.717) is 11.6 Å². The highest BCUT2D eigenvalue weighted by molar-refractivity contribution is 6.11. The molecule has 1 aromatic carbocycles. The van der Waals surface area contributed by atoms with Gasteiger partial charge >= 0.3 is 0 Å². The monoisotopic (exact) mass is 336 g/mol. The van der Waals surface area contributed by atoms with E-state index in [2.05, 4.69) is 22.0 Å². The van der Waals surface area contributed by atoms with Gasteiger partial charge < -0.3 is 10.0 Å². The molecule has 0 amide bonds. The van der Waals surface area contributed by atoms with E-state index in [1.807, 2.05) is 4.68 Å². The number of fused-ring (bicyclic) bond motifs is 1. The summed E-state index contributed by atoms with van der Waals surface area (Å²) in [6.45, 7) is 2.10. The number of benzene rings is 1. The standard InChI is InChI=1S/C19H20N4O2/c1-22-8-6-15(7-9-22)23-19-14(12-21-23)10-13(11-20-19)18(25)16-4-2-3-5-17(16)24/h2-5,10-12,15,24H,6-9H2,1H3. The summed E-state index contributed by atoms with van der Waals surface area (Å²) < 4.78 is 1.98. The Kier molecular flexibility index (Phi) is 3.97. The molecule has 0 aliphatic carbocycles. The van der Waals surface area contributed by atoms with Gasteiger partial charge in [0.1, 0.15) is 5.75 Å². The molecule has 1 fully saturated rings. The molecule has 25 heavy (non-hydrogen) atoms. The van der Waals surface area contributed by atoms with Crippen molar-refractivity contribution < 1.29 is 9.90 Å². The Hall–Kier alpha value is -2.73. The molecule has 0 spiro atoms. The fourth-order valence-electron chi connectivity index (χ4n) is 3.39. The highest BCUT2D eigenvalue weighted by Crippen LogP contribution is 2.26. The van der Waals surface area contributed by atoms with E-state index in [0.717, 1.165) is 37.0 Å². The van der Waals surface area contributed by atoms with Gasteiger partial charge in [0.2, 0.25) is 0 Å². The molecular formula is C19H20N4O2. The molecule has 6 heteroatoms. The molecule has 0 bridgehead atoms. The van der Waals surface area contributed by atoms with Gasteiger partial charge in [0, 0.05) is 17.1 Å². The molecule has 0 atom stereocenters. The highest BCUT2D eigenvalue weighted by atomic mass is 16.3. The number of para-hydroxylation sites is 1. The minimum Gasteiger partial charge on any atom is -0.507 e. The number of rotatable bonds is 3. The maximum Gasteiger partial charge on any atom is 0.198 e. The first kappa shape index (κ1) is 15.8. The first-order valence-corrected chi connectivity index (χ1v) is 8.48. The van der Waals surface area contributed by atoms with Crippen molar-refractivity contribution >= 4 is 16.8 Å². The van der Waals surface area contributed by atoms with Crippen molar-refractivity contribution in [3.05, 3.63) is 53.9 Å². The Morgan fingerprint density at radius 1 is 1.20 bits per heavy atom. The Morgan fingerprint density at radius 3 is 2.72 bits per heavy atom. The third-order valence-corrected chi connectivity index (χ3v) is 4.88. The van der Waals surface area contributed by atoms with Crippen LogP contribution in [0.2, 0.25) is 0 Å². The summed E-state index contributed by atoms with van der Waals surface area (Å²) in [7, 11) is 2.13. The fraction of sp³-hybridized carbons (Fsp3) is 0.316. The molecule has 1 N–H and O–H groups in total. The molecule has 3 heterocycles. The average Bonchev–Trinajstić information content (AvgIpc) is 3.05. The number of carbonyl (C=O) groups is 1. The molecule has 6 nitrogen and oxygen atoms in total. The second-order valence-corrected chi connectivity index (χ2v) is 6.61. The number of pyridine rings is 1. The number of aromatic nitrogens is 3. The van der Waals surface area contributed by atoms with Crippen LogP contribution in [0.1, 0.15) is 34.8 Å². The van der Waals surface area contributed by atoms with Crippen molar-refractivity contribution in [2.75, 3.05) is 20.1 Å². The molecule has 0 unspecified atom stereocenters. The predicted octanol–water partition coefficient (Wildman–Crippen LogP) is 2.63. The summed E-state index contributed by atoms with van der Waals surface area (Å²) in [5, 5.41) is 15.2. The van der Waals surface area contributed by atoms with Crippen molar-refractivity contribution in [2.45, 2.75) is 18.9 Å². The summed E-state index contributed by atoms with van der Waals surface area (Å²) >= 11 is 0. The predicted molar refractivity (Wildman–Crippen MR) is 94.8 cm³/mol. The van der Waals surface area contributed by atoms with Crippen molar-refractivity contribution in [3.8, 4) is 5.75 Å². The summed E-state index contributed by atoms with van der Waals surface area (Å²) in [5.41, 5.74) is 1.55. The van der Waals surface area contributed by atoms with E-state index in [1.165, 1.54) is 6.07 Å². The van der Waals surface area contributed by atoms with E-state index >= 15 is 0 Å². The molecule has 0 radical (unpaired) electrons. The van der Waals surface area contributed by atoms with Crippen LogP contribution in [0, 0.1) is 0 Å². The van der Waals surface area contributed by atoms with E-state index in [4.69, 9.17) is 0 Å². The van der Waals surface area contributed by atoms with Crippen LogP contribution in [0.15, 0.2) is 42.7 Å². The van der Waals surface area contributed by atoms with Gasteiger partial charge in [-0.1, -0.05) is 12.1 Å². The third-order valence-electron chi connectivity index (χ3n) is 4.88. The summed E-state index contributed by atoms with van der Waals surface area (Å²) in [4.78, 5) is 19.4. The lowest BCUT2D eigenvalue weighted by Gasteiger charge is -2.29. The average molecular weight is 336 g/mol. The summed E-state index contributed by atoms with van der Waals surface area (Å²) in [6, 6.07) is 8.70. The third kappa shape index (κ3) is 2.89. The quantitative estimate of drug-likeness (QED) is 0.745. The molecule has 0 saturated carbocycles. The molecular weight excluding hydrogens is 316 g/mol. The zero-order valence-electron chi connectivity index (χ0n) is 14.1. The number of phenolic OH excluding ortho intramolecular Hbond substituents is 1. The number of hydrogen-bond acceptors (Lipinski definition) is 5. The van der Waals surface area contributed by atoms with E-state index < -0.39 is 0 Å². The van der Waals surface area contributed by atoms with Gasteiger partial charge in [0.05, 0.1) is 17.8 Å². The van der Waals surface area contributed by atoms with Gasteiger partial charge in [0.15, 0.2) is 11.4 Å². The van der Waals surface area contributed by atoms with Crippen LogP contribution in [0.4, 0.5) is 0 Å². The topological polar surface area (TPSA) is 71.2 Å². The zero-order chi connectivity index (χ0) is 17.4. The first-order chi connectivity index (χ1) is 12.1. The van der Waals surface area contributed by atoms with E-state index in [-0.39, 0.29) is 17.1 Å². The molecule has 1 aliphatic heterocycles. The van der Waals surface area contributed by atoms with Crippen LogP contribution in [0.3, 0.4) is 0 Å². The maximum atomic E-state index is 12.6.